The van der Waals surface area contributed by atoms with Gasteiger partial charge in [-0.25, -0.2) is 4.39 Å². The van der Waals surface area contributed by atoms with Crippen molar-refractivity contribution in [3.05, 3.63) is 63.9 Å². The first-order chi connectivity index (χ1) is 10.1. The molecule has 3 rings (SSSR count). The smallest absolute Gasteiger partial charge is 0.312 e. The van der Waals surface area contributed by atoms with Gasteiger partial charge in [0, 0.05) is 23.2 Å². The normalized spacial score (nSPS) is 16.9. The number of para-hydroxylation sites is 1. The quantitative estimate of drug-likeness (QED) is 0.916. The average Bonchev–Trinajstić information content (AvgIpc) is 2.81. The monoisotopic (exact) mass is 349 g/mol. The van der Waals surface area contributed by atoms with Gasteiger partial charge >= 0.3 is 5.97 Å². The van der Waals surface area contributed by atoms with E-state index >= 15 is 0 Å². The zero-order chi connectivity index (χ0) is 15.0. The maximum atomic E-state index is 13.1. The van der Waals surface area contributed by atoms with E-state index in [9.17, 15) is 14.3 Å². The number of benzene rings is 2. The highest BCUT2D eigenvalue weighted by atomic mass is 79.9. The maximum Gasteiger partial charge on any atom is 0.312 e. The van der Waals surface area contributed by atoms with E-state index < -0.39 is 11.9 Å². The first kappa shape index (κ1) is 14.1. The Labute approximate surface area is 130 Å². The molecule has 0 saturated heterocycles. The molecule has 0 amide bonds. The molecule has 21 heavy (non-hydrogen) atoms. The van der Waals surface area contributed by atoms with Gasteiger partial charge in [0.15, 0.2) is 0 Å². The number of nitrogens with zero attached hydrogens (tertiary/aromatic N) is 1. The zero-order valence-corrected chi connectivity index (χ0v) is 12.7. The molecule has 2 aromatic rings. The molecule has 0 aromatic heterocycles. The second kappa shape index (κ2) is 5.48. The Morgan fingerprint density at radius 1 is 1.33 bits per heavy atom. The van der Waals surface area contributed by atoms with E-state index in [-0.39, 0.29) is 5.82 Å². The number of aliphatic carboxylic acids is 1. The molecule has 1 aliphatic rings. The number of fused-ring (bicyclic) bond motifs is 1. The van der Waals surface area contributed by atoms with Crippen LogP contribution in [0.2, 0.25) is 0 Å². The lowest BCUT2D eigenvalue weighted by Crippen LogP contribution is -2.24. The Hall–Kier alpha value is -1.88. The van der Waals surface area contributed by atoms with Gasteiger partial charge < -0.3 is 10.0 Å². The summed E-state index contributed by atoms with van der Waals surface area (Å²) in [6, 6.07) is 12.1. The largest absolute Gasteiger partial charge is 0.481 e. The molecule has 1 heterocycles. The van der Waals surface area contributed by atoms with Gasteiger partial charge in [0.1, 0.15) is 11.7 Å². The highest BCUT2D eigenvalue weighted by molar-refractivity contribution is 9.10. The molecule has 0 aliphatic carbocycles. The van der Waals surface area contributed by atoms with Gasteiger partial charge in [-0.2, -0.15) is 0 Å². The van der Waals surface area contributed by atoms with Crippen molar-refractivity contribution in [3.8, 4) is 0 Å². The van der Waals surface area contributed by atoms with Crippen LogP contribution in [0, 0.1) is 5.82 Å². The molecule has 0 radical (unpaired) electrons. The molecule has 5 heteroatoms. The van der Waals surface area contributed by atoms with Crippen LogP contribution in [-0.4, -0.2) is 17.6 Å². The second-order valence-corrected chi connectivity index (χ2v) is 5.92. The minimum atomic E-state index is -0.817. The SMILES string of the molecule is O=C(O)C1CN(Cc2ccc(F)cc2Br)c2ccccc21. The van der Waals surface area contributed by atoms with Gasteiger partial charge in [-0.1, -0.05) is 40.2 Å². The van der Waals surface area contributed by atoms with Gasteiger partial charge in [0.2, 0.25) is 0 Å². The molecule has 108 valence electrons. The fourth-order valence-corrected chi connectivity index (χ4v) is 3.18. The minimum absolute atomic E-state index is 0.296. The van der Waals surface area contributed by atoms with Crippen molar-refractivity contribution in [2.45, 2.75) is 12.5 Å². The topological polar surface area (TPSA) is 40.5 Å². The van der Waals surface area contributed by atoms with Crippen LogP contribution in [-0.2, 0) is 11.3 Å². The molecular weight excluding hydrogens is 337 g/mol. The molecule has 0 saturated carbocycles. The fraction of sp³-hybridized carbons (Fsp3) is 0.188. The molecule has 0 fully saturated rings. The van der Waals surface area contributed by atoms with E-state index in [4.69, 9.17) is 0 Å². The summed E-state index contributed by atoms with van der Waals surface area (Å²) in [5, 5.41) is 9.35. The van der Waals surface area contributed by atoms with E-state index in [1.807, 2.05) is 29.2 Å². The fourth-order valence-electron chi connectivity index (χ4n) is 2.70. The molecule has 0 spiro atoms. The van der Waals surface area contributed by atoms with E-state index in [0.717, 1.165) is 16.8 Å². The average molecular weight is 350 g/mol. The Morgan fingerprint density at radius 2 is 2.10 bits per heavy atom. The first-order valence-corrected chi connectivity index (χ1v) is 7.36. The van der Waals surface area contributed by atoms with Crippen LogP contribution in [0.1, 0.15) is 17.0 Å². The summed E-state index contributed by atoms with van der Waals surface area (Å²) in [6.45, 7) is 0.972. The molecule has 1 N–H and O–H groups in total. The van der Waals surface area contributed by atoms with Crippen LogP contribution in [0.4, 0.5) is 10.1 Å². The van der Waals surface area contributed by atoms with E-state index in [0.29, 0.717) is 17.6 Å². The van der Waals surface area contributed by atoms with Gasteiger partial charge in [-0.05, 0) is 29.3 Å². The maximum absolute atomic E-state index is 13.1. The number of anilines is 1. The van der Waals surface area contributed by atoms with Crippen LogP contribution in [0.15, 0.2) is 46.9 Å². The Bertz CT molecular complexity index is 704. The summed E-state index contributed by atoms with van der Waals surface area (Å²) in [5.41, 5.74) is 2.70. The molecule has 1 unspecified atom stereocenters. The standard InChI is InChI=1S/C16H13BrFNO2/c17-14-7-11(18)6-5-10(14)8-19-9-13(16(20)21)12-3-1-2-4-15(12)19/h1-7,13H,8-9H2,(H,20,21). The molecule has 1 atom stereocenters. The lowest BCUT2D eigenvalue weighted by atomic mass is 10.0. The Morgan fingerprint density at radius 3 is 2.81 bits per heavy atom. The zero-order valence-electron chi connectivity index (χ0n) is 11.1. The van der Waals surface area contributed by atoms with Gasteiger partial charge in [0.25, 0.3) is 0 Å². The predicted molar refractivity (Wildman–Crippen MR) is 82.0 cm³/mol. The van der Waals surface area contributed by atoms with Crippen molar-refractivity contribution < 1.29 is 14.3 Å². The third kappa shape index (κ3) is 2.65. The molecule has 0 bridgehead atoms. The first-order valence-electron chi connectivity index (χ1n) is 6.57. The number of carbonyl (C=O) groups is 1. The third-order valence-electron chi connectivity index (χ3n) is 3.73. The van der Waals surface area contributed by atoms with Crippen molar-refractivity contribution in [1.29, 1.82) is 0 Å². The molecular formula is C16H13BrFNO2. The van der Waals surface area contributed by atoms with Crippen LogP contribution in [0.5, 0.6) is 0 Å². The number of hydrogen-bond acceptors (Lipinski definition) is 2. The number of hydrogen-bond donors (Lipinski definition) is 1. The molecule has 1 aliphatic heterocycles. The summed E-state index contributed by atoms with van der Waals surface area (Å²) in [7, 11) is 0. The van der Waals surface area contributed by atoms with Crippen molar-refractivity contribution >= 4 is 27.6 Å². The second-order valence-electron chi connectivity index (χ2n) is 5.07. The number of rotatable bonds is 3. The lowest BCUT2D eigenvalue weighted by Gasteiger charge is -2.20. The van der Waals surface area contributed by atoms with Gasteiger partial charge in [0.05, 0.1) is 0 Å². The Balaban J connectivity index is 1.92. The summed E-state index contributed by atoms with van der Waals surface area (Å²) in [6.07, 6.45) is 0. The summed E-state index contributed by atoms with van der Waals surface area (Å²) < 4.78 is 13.8. The predicted octanol–water partition coefficient (Wildman–Crippen LogP) is 3.78. The highest BCUT2D eigenvalue weighted by Gasteiger charge is 2.33. The summed E-state index contributed by atoms with van der Waals surface area (Å²) in [4.78, 5) is 13.4. The van der Waals surface area contributed by atoms with Crippen molar-refractivity contribution in [1.82, 2.24) is 0 Å². The third-order valence-corrected chi connectivity index (χ3v) is 4.47. The van der Waals surface area contributed by atoms with Crippen LogP contribution in [0.25, 0.3) is 0 Å². The summed E-state index contributed by atoms with van der Waals surface area (Å²) in [5.74, 6) is -1.63. The number of carboxylic acids is 1. The van der Waals surface area contributed by atoms with Crippen molar-refractivity contribution in [2.75, 3.05) is 11.4 Å². The van der Waals surface area contributed by atoms with Gasteiger partial charge in [-0.15, -0.1) is 0 Å². The number of halogens is 2. The van der Waals surface area contributed by atoms with Crippen LogP contribution in [0.3, 0.4) is 0 Å². The summed E-state index contributed by atoms with van der Waals surface area (Å²) >= 11 is 3.36. The number of carboxylic acid groups (broad SMARTS) is 1. The van der Waals surface area contributed by atoms with Gasteiger partial charge in [-0.3, -0.25) is 4.79 Å². The van der Waals surface area contributed by atoms with Crippen molar-refractivity contribution in [3.63, 3.8) is 0 Å². The van der Waals surface area contributed by atoms with Crippen LogP contribution >= 0.6 is 15.9 Å². The lowest BCUT2D eigenvalue weighted by molar-refractivity contribution is -0.138. The minimum Gasteiger partial charge on any atom is -0.481 e. The van der Waals surface area contributed by atoms with Crippen LogP contribution < -0.4 is 4.90 Å². The molecule has 3 nitrogen and oxygen atoms in total. The highest BCUT2D eigenvalue weighted by Crippen LogP contribution is 2.37. The van der Waals surface area contributed by atoms with E-state index in [1.165, 1.54) is 12.1 Å². The van der Waals surface area contributed by atoms with E-state index in [2.05, 4.69) is 15.9 Å². The van der Waals surface area contributed by atoms with Crippen molar-refractivity contribution in [2.24, 2.45) is 0 Å². The van der Waals surface area contributed by atoms with E-state index in [1.54, 1.807) is 6.07 Å². The molecule has 2 aromatic carbocycles. The Kier molecular flexibility index (Phi) is 3.68.